The number of pyridine rings is 1. The van der Waals surface area contributed by atoms with Gasteiger partial charge in [-0.2, -0.15) is 9.97 Å². The Morgan fingerprint density at radius 1 is 1.22 bits per heavy atom. The Bertz CT molecular complexity index is 1700. The molecule has 2 fully saturated rings. The Kier molecular flexibility index (Phi) is 6.86. The third kappa shape index (κ3) is 4.49. The number of hydrogen-bond donors (Lipinski definition) is 1. The van der Waals surface area contributed by atoms with Gasteiger partial charge in [0.15, 0.2) is 5.82 Å². The van der Waals surface area contributed by atoms with E-state index >= 15 is 4.39 Å². The molecule has 212 valence electrons. The predicted molar refractivity (Wildman–Crippen MR) is 152 cm³/mol. The number of benzene rings is 2. The number of phenolic OH excluding ortho intramolecular Hbond substituents is 1. The number of anilines is 1. The van der Waals surface area contributed by atoms with Gasteiger partial charge in [-0.1, -0.05) is 12.0 Å². The third-order valence-electron chi connectivity index (χ3n) is 8.39. The van der Waals surface area contributed by atoms with Crippen molar-refractivity contribution in [2.24, 2.45) is 0 Å². The number of aromatic nitrogens is 3. The van der Waals surface area contributed by atoms with Gasteiger partial charge < -0.3 is 14.7 Å². The van der Waals surface area contributed by atoms with E-state index in [1.54, 1.807) is 0 Å². The molecule has 0 amide bonds. The van der Waals surface area contributed by atoms with Gasteiger partial charge in [0.05, 0.1) is 16.5 Å². The summed E-state index contributed by atoms with van der Waals surface area (Å²) in [5.41, 5.74) is -0.527. The molecule has 0 spiro atoms. The first-order chi connectivity index (χ1) is 19.8. The standard InChI is InChI=1S/C31H30F3N5O2/c1-4-21-24(33)9-8-18-12-20(40)13-22(25(18)21)27-26(34)28-23(15-35-27)29(38(5-2)6-3)37-30(36-28)41-17-31-10-7-11-39(31)16-19(32)14-31/h1,8-9,12-13,15,19,40H,5-7,10-11,14,16-17H2,2-3H3/t19-,31+/m1/s1. The van der Waals surface area contributed by atoms with Crippen molar-refractivity contribution in [3.8, 4) is 35.4 Å². The fraction of sp³-hybridized carbons (Fsp3) is 0.387. The molecule has 1 N–H and O–H groups in total. The van der Waals surface area contributed by atoms with E-state index in [9.17, 15) is 13.9 Å². The van der Waals surface area contributed by atoms with Crippen LogP contribution in [-0.2, 0) is 0 Å². The summed E-state index contributed by atoms with van der Waals surface area (Å²) in [6.07, 6.45) is 8.33. The number of hydrogen-bond acceptors (Lipinski definition) is 7. The van der Waals surface area contributed by atoms with Crippen molar-refractivity contribution < 1.29 is 23.0 Å². The average molecular weight is 562 g/mol. The number of fused-ring (bicyclic) bond motifs is 3. The number of rotatable bonds is 7. The largest absolute Gasteiger partial charge is 0.508 e. The Morgan fingerprint density at radius 2 is 2.02 bits per heavy atom. The molecular weight excluding hydrogens is 531 g/mol. The Labute approximate surface area is 236 Å². The average Bonchev–Trinajstić information content (AvgIpc) is 3.48. The SMILES string of the molecule is C#Cc1c(F)ccc2cc(O)cc(-c3ncc4c(N(CC)CC)nc(OC[C@@]56CCCN5C[C@H](F)C6)nc4c3F)c12. The minimum atomic E-state index is -0.913. The second-order valence-corrected chi connectivity index (χ2v) is 10.7. The number of phenols is 1. The molecule has 2 aromatic heterocycles. The molecule has 0 saturated carbocycles. The maximum atomic E-state index is 16.5. The Morgan fingerprint density at radius 3 is 2.78 bits per heavy atom. The summed E-state index contributed by atoms with van der Waals surface area (Å²) in [6, 6.07) is 5.40. The number of aromatic hydroxyl groups is 1. The van der Waals surface area contributed by atoms with E-state index in [1.165, 1.54) is 30.5 Å². The van der Waals surface area contributed by atoms with Crippen molar-refractivity contribution >= 4 is 27.5 Å². The van der Waals surface area contributed by atoms with E-state index in [0.29, 0.717) is 42.6 Å². The van der Waals surface area contributed by atoms with E-state index in [0.717, 1.165) is 19.4 Å². The molecule has 0 radical (unpaired) electrons. The predicted octanol–water partition coefficient (Wildman–Crippen LogP) is 5.61. The van der Waals surface area contributed by atoms with Crippen LogP contribution in [0.2, 0.25) is 0 Å². The quantitative estimate of drug-likeness (QED) is 0.294. The van der Waals surface area contributed by atoms with E-state index in [2.05, 4.69) is 25.8 Å². The van der Waals surface area contributed by atoms with E-state index in [-0.39, 0.29) is 46.1 Å². The van der Waals surface area contributed by atoms with Crippen LogP contribution in [-0.4, -0.2) is 69.5 Å². The van der Waals surface area contributed by atoms with E-state index < -0.39 is 23.3 Å². The number of nitrogens with zero attached hydrogens (tertiary/aromatic N) is 5. The van der Waals surface area contributed by atoms with Gasteiger partial charge in [-0.3, -0.25) is 9.88 Å². The first kappa shape index (κ1) is 27.1. The second kappa shape index (κ2) is 10.4. The molecule has 7 nitrogen and oxygen atoms in total. The van der Waals surface area contributed by atoms with Gasteiger partial charge in [-0.05, 0) is 56.8 Å². The normalized spacial score (nSPS) is 20.4. The van der Waals surface area contributed by atoms with Crippen LogP contribution in [0.15, 0.2) is 30.5 Å². The summed E-state index contributed by atoms with van der Waals surface area (Å²) in [7, 11) is 0. The molecule has 4 aromatic rings. The summed E-state index contributed by atoms with van der Waals surface area (Å²) < 4.78 is 51.6. The van der Waals surface area contributed by atoms with Crippen molar-refractivity contribution in [1.82, 2.24) is 19.9 Å². The fourth-order valence-corrected chi connectivity index (χ4v) is 6.44. The zero-order valence-corrected chi connectivity index (χ0v) is 22.9. The van der Waals surface area contributed by atoms with Crippen LogP contribution in [0, 0.1) is 24.0 Å². The first-order valence-electron chi connectivity index (χ1n) is 13.8. The van der Waals surface area contributed by atoms with Gasteiger partial charge in [-0.25, -0.2) is 13.2 Å². The highest BCUT2D eigenvalue weighted by atomic mass is 19.1. The van der Waals surface area contributed by atoms with Gasteiger partial charge in [-0.15, -0.1) is 6.42 Å². The van der Waals surface area contributed by atoms with Gasteiger partial charge in [0.1, 0.15) is 41.4 Å². The molecule has 2 saturated heterocycles. The van der Waals surface area contributed by atoms with Gasteiger partial charge in [0.2, 0.25) is 0 Å². The summed E-state index contributed by atoms with van der Waals surface area (Å²) in [5.74, 6) is 1.23. The fourth-order valence-electron chi connectivity index (χ4n) is 6.44. The highest BCUT2D eigenvalue weighted by Gasteiger charge is 2.49. The van der Waals surface area contributed by atoms with Crippen molar-refractivity contribution in [2.45, 2.75) is 44.8 Å². The van der Waals surface area contributed by atoms with Crippen LogP contribution in [0.5, 0.6) is 11.8 Å². The molecule has 41 heavy (non-hydrogen) atoms. The molecule has 2 aliphatic rings. The Hall–Kier alpha value is -4.10. The molecule has 0 bridgehead atoms. The maximum Gasteiger partial charge on any atom is 0.319 e. The number of terminal acetylenes is 1. The van der Waals surface area contributed by atoms with Crippen LogP contribution in [0.1, 0.15) is 38.7 Å². The van der Waals surface area contributed by atoms with Crippen LogP contribution < -0.4 is 9.64 Å². The van der Waals surface area contributed by atoms with E-state index in [4.69, 9.17) is 11.2 Å². The minimum absolute atomic E-state index is 0.0184. The Balaban J connectivity index is 1.51. The van der Waals surface area contributed by atoms with Crippen molar-refractivity contribution in [3.63, 3.8) is 0 Å². The van der Waals surface area contributed by atoms with Gasteiger partial charge >= 0.3 is 6.01 Å². The minimum Gasteiger partial charge on any atom is -0.508 e. The van der Waals surface area contributed by atoms with Crippen LogP contribution >= 0.6 is 0 Å². The highest BCUT2D eigenvalue weighted by molar-refractivity contribution is 6.03. The first-order valence-corrected chi connectivity index (χ1v) is 13.8. The van der Waals surface area contributed by atoms with Crippen molar-refractivity contribution in [2.75, 3.05) is 37.7 Å². The third-order valence-corrected chi connectivity index (χ3v) is 8.39. The number of alkyl halides is 1. The molecular formula is C31H30F3N5O2. The topological polar surface area (TPSA) is 74.6 Å². The van der Waals surface area contributed by atoms with Crippen LogP contribution in [0.3, 0.4) is 0 Å². The zero-order valence-electron chi connectivity index (χ0n) is 22.9. The molecule has 4 heterocycles. The molecule has 0 aliphatic carbocycles. The summed E-state index contributed by atoms with van der Waals surface area (Å²) in [6.45, 7) is 6.49. The molecule has 2 atom stereocenters. The molecule has 2 aliphatic heterocycles. The monoisotopic (exact) mass is 561 g/mol. The van der Waals surface area contributed by atoms with Crippen LogP contribution in [0.4, 0.5) is 19.0 Å². The molecule has 6 rings (SSSR count). The van der Waals surface area contributed by atoms with Crippen LogP contribution in [0.25, 0.3) is 32.9 Å². The lowest BCUT2D eigenvalue weighted by Gasteiger charge is -2.31. The van der Waals surface area contributed by atoms with Crippen molar-refractivity contribution in [1.29, 1.82) is 0 Å². The van der Waals surface area contributed by atoms with Gasteiger partial charge in [0, 0.05) is 43.2 Å². The smallest absolute Gasteiger partial charge is 0.319 e. The lowest BCUT2D eigenvalue weighted by atomic mass is 9.95. The highest BCUT2D eigenvalue weighted by Crippen LogP contribution is 2.41. The van der Waals surface area contributed by atoms with Gasteiger partial charge in [0.25, 0.3) is 0 Å². The number of ether oxygens (including phenoxy) is 1. The molecule has 2 aromatic carbocycles. The summed E-state index contributed by atoms with van der Waals surface area (Å²) in [4.78, 5) is 17.6. The molecule has 0 unspecified atom stereocenters. The summed E-state index contributed by atoms with van der Waals surface area (Å²) in [5, 5.41) is 11.5. The molecule has 10 heteroatoms. The maximum absolute atomic E-state index is 16.5. The lowest BCUT2D eigenvalue weighted by molar-refractivity contribution is 0.107. The lowest BCUT2D eigenvalue weighted by Crippen LogP contribution is -2.43. The van der Waals surface area contributed by atoms with E-state index in [1.807, 2.05) is 18.7 Å². The van der Waals surface area contributed by atoms with Crippen molar-refractivity contribution in [3.05, 3.63) is 47.7 Å². The summed E-state index contributed by atoms with van der Waals surface area (Å²) >= 11 is 0. The second-order valence-electron chi connectivity index (χ2n) is 10.7. The number of halogens is 3. The zero-order chi connectivity index (χ0) is 28.9.